The molecule has 2 rings (SSSR count). The molecule has 20 heavy (non-hydrogen) atoms. The molecule has 1 heterocycles. The number of furan rings is 1. The van der Waals surface area contributed by atoms with Gasteiger partial charge in [0.1, 0.15) is 12.0 Å². The Morgan fingerprint density at radius 1 is 1.35 bits per heavy atom. The van der Waals surface area contributed by atoms with Crippen molar-refractivity contribution in [2.45, 2.75) is 32.9 Å². The summed E-state index contributed by atoms with van der Waals surface area (Å²) in [4.78, 5) is 12.2. The van der Waals surface area contributed by atoms with Crippen molar-refractivity contribution in [2.75, 3.05) is 0 Å². The summed E-state index contributed by atoms with van der Waals surface area (Å²) in [5.74, 6) is 0.434. The SMILES string of the molecule is Cc1cccc(C(C)(C)NC(=O)c2coc(CN)c2)c1. The van der Waals surface area contributed by atoms with Crippen molar-refractivity contribution >= 4 is 5.91 Å². The molecular formula is C16H20N2O2. The molecule has 2 aromatic rings. The Morgan fingerprint density at radius 2 is 2.10 bits per heavy atom. The van der Waals surface area contributed by atoms with Gasteiger partial charge in [0.2, 0.25) is 0 Å². The van der Waals surface area contributed by atoms with Crippen molar-refractivity contribution in [1.29, 1.82) is 0 Å². The van der Waals surface area contributed by atoms with E-state index >= 15 is 0 Å². The lowest BCUT2D eigenvalue weighted by molar-refractivity contribution is 0.0911. The zero-order valence-corrected chi connectivity index (χ0v) is 12.1. The van der Waals surface area contributed by atoms with Crippen molar-refractivity contribution < 1.29 is 9.21 Å². The second-order valence-electron chi connectivity index (χ2n) is 5.45. The predicted octanol–water partition coefficient (Wildman–Crippen LogP) is 2.71. The average molecular weight is 272 g/mol. The van der Waals surface area contributed by atoms with Crippen LogP contribution in [0.1, 0.15) is 41.1 Å². The Bertz CT molecular complexity index is 614. The first-order valence-corrected chi connectivity index (χ1v) is 6.59. The van der Waals surface area contributed by atoms with E-state index in [1.807, 2.05) is 39.0 Å². The van der Waals surface area contributed by atoms with E-state index in [1.165, 1.54) is 11.8 Å². The molecule has 0 fully saturated rings. The maximum Gasteiger partial charge on any atom is 0.255 e. The van der Waals surface area contributed by atoms with Crippen LogP contribution in [-0.2, 0) is 12.1 Å². The van der Waals surface area contributed by atoms with Crippen molar-refractivity contribution in [1.82, 2.24) is 5.32 Å². The van der Waals surface area contributed by atoms with Crippen LogP contribution in [0.2, 0.25) is 0 Å². The van der Waals surface area contributed by atoms with Crippen LogP contribution in [0.15, 0.2) is 41.0 Å². The molecule has 0 aliphatic rings. The molecular weight excluding hydrogens is 252 g/mol. The number of hydrogen-bond acceptors (Lipinski definition) is 3. The zero-order chi connectivity index (χ0) is 14.8. The maximum atomic E-state index is 12.2. The highest BCUT2D eigenvalue weighted by Crippen LogP contribution is 2.21. The molecule has 106 valence electrons. The number of aryl methyl sites for hydroxylation is 1. The van der Waals surface area contributed by atoms with Crippen molar-refractivity contribution in [2.24, 2.45) is 5.73 Å². The minimum absolute atomic E-state index is 0.167. The topological polar surface area (TPSA) is 68.3 Å². The molecule has 0 aliphatic heterocycles. The van der Waals surface area contributed by atoms with Crippen LogP contribution in [0.25, 0.3) is 0 Å². The Morgan fingerprint density at radius 3 is 2.70 bits per heavy atom. The fraction of sp³-hybridized carbons (Fsp3) is 0.312. The summed E-state index contributed by atoms with van der Waals surface area (Å²) in [5.41, 5.74) is 7.74. The summed E-state index contributed by atoms with van der Waals surface area (Å²) in [7, 11) is 0. The molecule has 0 spiro atoms. The van der Waals surface area contributed by atoms with Gasteiger partial charge in [-0.25, -0.2) is 0 Å². The van der Waals surface area contributed by atoms with E-state index < -0.39 is 5.54 Å². The highest BCUT2D eigenvalue weighted by molar-refractivity contribution is 5.94. The molecule has 1 amide bonds. The summed E-state index contributed by atoms with van der Waals surface area (Å²) in [6.07, 6.45) is 1.43. The van der Waals surface area contributed by atoms with Gasteiger partial charge >= 0.3 is 0 Å². The molecule has 0 unspecified atom stereocenters. The van der Waals surface area contributed by atoms with Crippen LogP contribution in [0.3, 0.4) is 0 Å². The monoisotopic (exact) mass is 272 g/mol. The Kier molecular flexibility index (Phi) is 3.95. The van der Waals surface area contributed by atoms with Crippen molar-refractivity contribution in [3.05, 3.63) is 59.0 Å². The fourth-order valence-corrected chi connectivity index (χ4v) is 2.07. The molecule has 0 saturated carbocycles. The Hall–Kier alpha value is -2.07. The predicted molar refractivity (Wildman–Crippen MR) is 78.3 cm³/mol. The summed E-state index contributed by atoms with van der Waals surface area (Å²) in [6.45, 7) is 6.27. The van der Waals surface area contributed by atoms with Crippen molar-refractivity contribution in [3.8, 4) is 0 Å². The van der Waals surface area contributed by atoms with E-state index in [1.54, 1.807) is 6.07 Å². The minimum atomic E-state index is -0.455. The number of carbonyl (C=O) groups is 1. The van der Waals surface area contributed by atoms with E-state index in [2.05, 4.69) is 11.4 Å². The fourth-order valence-electron chi connectivity index (χ4n) is 2.07. The molecule has 0 saturated heterocycles. The second-order valence-corrected chi connectivity index (χ2v) is 5.45. The molecule has 0 aliphatic carbocycles. The number of nitrogens with two attached hydrogens (primary N) is 1. The van der Waals surface area contributed by atoms with E-state index in [-0.39, 0.29) is 12.5 Å². The molecule has 4 heteroatoms. The Labute approximate surface area is 119 Å². The zero-order valence-electron chi connectivity index (χ0n) is 12.1. The van der Waals surface area contributed by atoms with Crippen LogP contribution in [0, 0.1) is 6.92 Å². The van der Waals surface area contributed by atoms with Crippen LogP contribution in [0.5, 0.6) is 0 Å². The first-order valence-electron chi connectivity index (χ1n) is 6.59. The third kappa shape index (κ3) is 3.08. The molecule has 1 aromatic heterocycles. The smallest absolute Gasteiger partial charge is 0.255 e. The molecule has 0 radical (unpaired) electrons. The average Bonchev–Trinajstić information content (AvgIpc) is 2.87. The third-order valence-electron chi connectivity index (χ3n) is 3.28. The van der Waals surface area contributed by atoms with E-state index in [9.17, 15) is 4.79 Å². The maximum absolute atomic E-state index is 12.2. The van der Waals surface area contributed by atoms with E-state index in [0.717, 1.165) is 5.56 Å². The van der Waals surface area contributed by atoms with Crippen LogP contribution in [0.4, 0.5) is 0 Å². The summed E-state index contributed by atoms with van der Waals surface area (Å²) >= 11 is 0. The number of rotatable bonds is 4. The third-order valence-corrected chi connectivity index (χ3v) is 3.28. The standard InChI is InChI=1S/C16H20N2O2/c1-11-5-4-6-13(7-11)16(2,3)18-15(19)12-8-14(9-17)20-10-12/h4-8,10H,9,17H2,1-3H3,(H,18,19). The highest BCUT2D eigenvalue weighted by Gasteiger charge is 2.24. The normalized spacial score (nSPS) is 11.4. The summed E-state index contributed by atoms with van der Waals surface area (Å²) in [6, 6.07) is 9.77. The number of nitrogens with one attached hydrogen (secondary N) is 1. The van der Waals surface area contributed by atoms with Gasteiger partial charge in [-0.05, 0) is 32.4 Å². The largest absolute Gasteiger partial charge is 0.467 e. The quantitative estimate of drug-likeness (QED) is 0.899. The first-order chi connectivity index (χ1) is 9.42. The lowest BCUT2D eigenvalue weighted by Gasteiger charge is -2.27. The van der Waals surface area contributed by atoms with Gasteiger partial charge in [-0.1, -0.05) is 29.8 Å². The Balaban J connectivity index is 2.17. The van der Waals surface area contributed by atoms with Gasteiger partial charge in [0.05, 0.1) is 17.6 Å². The van der Waals surface area contributed by atoms with E-state index in [0.29, 0.717) is 11.3 Å². The van der Waals surface area contributed by atoms with Gasteiger partial charge in [-0.15, -0.1) is 0 Å². The highest BCUT2D eigenvalue weighted by atomic mass is 16.3. The lowest BCUT2D eigenvalue weighted by atomic mass is 9.92. The summed E-state index contributed by atoms with van der Waals surface area (Å²) < 4.78 is 5.19. The van der Waals surface area contributed by atoms with Gasteiger partial charge in [0, 0.05) is 0 Å². The van der Waals surface area contributed by atoms with Crippen LogP contribution >= 0.6 is 0 Å². The number of amides is 1. The van der Waals surface area contributed by atoms with Gasteiger partial charge in [-0.3, -0.25) is 4.79 Å². The molecule has 3 N–H and O–H groups in total. The van der Waals surface area contributed by atoms with Gasteiger partial charge in [-0.2, -0.15) is 0 Å². The van der Waals surface area contributed by atoms with Crippen LogP contribution < -0.4 is 11.1 Å². The number of hydrogen-bond donors (Lipinski definition) is 2. The van der Waals surface area contributed by atoms with E-state index in [4.69, 9.17) is 10.2 Å². The first kappa shape index (κ1) is 14.3. The lowest BCUT2D eigenvalue weighted by Crippen LogP contribution is -2.40. The number of carbonyl (C=O) groups excluding carboxylic acids is 1. The van der Waals surface area contributed by atoms with Gasteiger partial charge in [0.15, 0.2) is 0 Å². The molecule has 0 atom stereocenters. The van der Waals surface area contributed by atoms with Crippen molar-refractivity contribution in [3.63, 3.8) is 0 Å². The molecule has 4 nitrogen and oxygen atoms in total. The number of benzene rings is 1. The summed E-state index contributed by atoms with van der Waals surface area (Å²) in [5, 5.41) is 3.01. The minimum Gasteiger partial charge on any atom is -0.467 e. The van der Waals surface area contributed by atoms with Crippen LogP contribution in [-0.4, -0.2) is 5.91 Å². The second kappa shape index (κ2) is 5.51. The molecule has 1 aromatic carbocycles. The molecule has 0 bridgehead atoms. The van der Waals surface area contributed by atoms with Gasteiger partial charge < -0.3 is 15.5 Å². The van der Waals surface area contributed by atoms with Gasteiger partial charge in [0.25, 0.3) is 5.91 Å².